The molecule has 0 saturated carbocycles. The largest absolute Gasteiger partial charge is 0.445 e. The zero-order chi connectivity index (χ0) is 17.4. The lowest BCUT2D eigenvalue weighted by Gasteiger charge is -2.46. The van der Waals surface area contributed by atoms with E-state index in [0.717, 1.165) is 0 Å². The van der Waals surface area contributed by atoms with Crippen molar-refractivity contribution in [1.82, 2.24) is 15.2 Å². The summed E-state index contributed by atoms with van der Waals surface area (Å²) in [5.74, 6) is 0.422. The van der Waals surface area contributed by atoms with Gasteiger partial charge in [-0.25, -0.2) is 9.78 Å². The average Bonchev–Trinajstić information content (AvgIpc) is 2.69. The van der Waals surface area contributed by atoms with E-state index in [9.17, 15) is 14.7 Å². The van der Waals surface area contributed by atoms with Crippen LogP contribution in [0.5, 0.6) is 0 Å². The maximum absolute atomic E-state index is 12.0. The number of hydrogen-bond donors (Lipinski definition) is 2. The molecule has 0 spiro atoms. The molecule has 0 radical (unpaired) electrons. The van der Waals surface area contributed by atoms with Crippen molar-refractivity contribution in [1.29, 1.82) is 0 Å². The molecule has 1 aliphatic heterocycles. The van der Waals surface area contributed by atoms with E-state index in [4.69, 9.17) is 9.15 Å². The lowest BCUT2D eigenvalue weighted by Crippen LogP contribution is -2.68. The topological polar surface area (TPSA) is 105 Å². The molecular weight excluding hydrogens is 302 g/mol. The highest BCUT2D eigenvalue weighted by Gasteiger charge is 2.45. The molecule has 2 rings (SSSR count). The van der Waals surface area contributed by atoms with Crippen molar-refractivity contribution in [2.75, 3.05) is 19.6 Å². The van der Waals surface area contributed by atoms with Crippen LogP contribution in [0.1, 0.15) is 42.9 Å². The van der Waals surface area contributed by atoms with Gasteiger partial charge in [0.2, 0.25) is 0 Å². The number of amides is 2. The Morgan fingerprint density at radius 3 is 2.48 bits per heavy atom. The minimum atomic E-state index is -1.15. The highest BCUT2D eigenvalue weighted by Crippen LogP contribution is 2.23. The van der Waals surface area contributed by atoms with Gasteiger partial charge in [0.25, 0.3) is 5.91 Å². The standard InChI is InChI=1S/C15H23N3O5/c1-9-11(17-10(2)22-9)12(19)16-6-15(21)7-18(8-15)13(20)23-14(3,4)5/h21H,6-8H2,1-5H3,(H,16,19). The Kier molecular flexibility index (Phi) is 4.39. The number of β-amino-alcohol motifs (C(OH)–C–C–N with tert-alkyl or cyclic N) is 1. The summed E-state index contributed by atoms with van der Waals surface area (Å²) in [5.41, 5.74) is -1.53. The van der Waals surface area contributed by atoms with Gasteiger partial charge in [-0.3, -0.25) is 4.79 Å². The summed E-state index contributed by atoms with van der Waals surface area (Å²) in [6, 6.07) is 0. The van der Waals surface area contributed by atoms with Gasteiger partial charge in [-0.1, -0.05) is 0 Å². The molecule has 2 amide bonds. The van der Waals surface area contributed by atoms with E-state index in [-0.39, 0.29) is 25.3 Å². The quantitative estimate of drug-likeness (QED) is 0.859. The number of hydrogen-bond acceptors (Lipinski definition) is 6. The van der Waals surface area contributed by atoms with Crippen molar-refractivity contribution in [3.63, 3.8) is 0 Å². The molecule has 8 nitrogen and oxygen atoms in total. The van der Waals surface area contributed by atoms with Gasteiger partial charge in [0.15, 0.2) is 11.6 Å². The first-order valence-electron chi connectivity index (χ1n) is 7.42. The van der Waals surface area contributed by atoms with Crippen LogP contribution in [0.15, 0.2) is 4.42 Å². The maximum atomic E-state index is 12.0. The second-order valence-corrected chi connectivity index (χ2v) is 6.88. The number of nitrogens with one attached hydrogen (secondary N) is 1. The predicted molar refractivity (Wildman–Crippen MR) is 81.1 cm³/mol. The predicted octanol–water partition coefficient (Wildman–Crippen LogP) is 1.00. The Hall–Kier alpha value is -2.09. The summed E-state index contributed by atoms with van der Waals surface area (Å²) in [6.45, 7) is 8.88. The molecule has 0 bridgehead atoms. The first kappa shape index (κ1) is 17.3. The first-order valence-corrected chi connectivity index (χ1v) is 7.42. The Balaban J connectivity index is 1.82. The average molecular weight is 325 g/mol. The molecule has 0 aliphatic carbocycles. The minimum Gasteiger partial charge on any atom is -0.445 e. The fourth-order valence-corrected chi connectivity index (χ4v) is 2.30. The number of aromatic nitrogens is 1. The number of ether oxygens (including phenoxy) is 1. The van der Waals surface area contributed by atoms with Crippen LogP contribution in [0.4, 0.5) is 4.79 Å². The van der Waals surface area contributed by atoms with Crippen LogP contribution in [-0.2, 0) is 4.74 Å². The van der Waals surface area contributed by atoms with Crippen LogP contribution in [0, 0.1) is 13.8 Å². The first-order chi connectivity index (χ1) is 10.5. The fraction of sp³-hybridized carbons (Fsp3) is 0.667. The Labute approximate surface area is 134 Å². The lowest BCUT2D eigenvalue weighted by molar-refractivity contribution is -0.0948. The fourth-order valence-electron chi connectivity index (χ4n) is 2.30. The molecule has 1 fully saturated rings. The number of likely N-dealkylation sites (tertiary alicyclic amines) is 1. The summed E-state index contributed by atoms with van der Waals surface area (Å²) in [4.78, 5) is 29.2. The summed E-state index contributed by atoms with van der Waals surface area (Å²) in [7, 11) is 0. The molecule has 1 aromatic heterocycles. The third-order valence-corrected chi connectivity index (χ3v) is 3.32. The van der Waals surface area contributed by atoms with Crippen LogP contribution < -0.4 is 5.32 Å². The highest BCUT2D eigenvalue weighted by molar-refractivity contribution is 5.93. The highest BCUT2D eigenvalue weighted by atomic mass is 16.6. The number of carbonyl (C=O) groups excluding carboxylic acids is 2. The Morgan fingerprint density at radius 2 is 2.00 bits per heavy atom. The maximum Gasteiger partial charge on any atom is 0.410 e. The van der Waals surface area contributed by atoms with E-state index in [2.05, 4.69) is 10.3 Å². The monoisotopic (exact) mass is 325 g/mol. The molecule has 0 aromatic carbocycles. The second kappa shape index (κ2) is 5.84. The molecule has 0 atom stereocenters. The van der Waals surface area contributed by atoms with Gasteiger partial charge < -0.3 is 24.5 Å². The SMILES string of the molecule is Cc1nc(C(=O)NCC2(O)CN(C(=O)OC(C)(C)C)C2)c(C)o1. The zero-order valence-electron chi connectivity index (χ0n) is 14.1. The van der Waals surface area contributed by atoms with Gasteiger partial charge in [0.05, 0.1) is 19.6 Å². The van der Waals surface area contributed by atoms with E-state index in [1.807, 2.05) is 0 Å². The van der Waals surface area contributed by atoms with E-state index in [1.54, 1.807) is 34.6 Å². The summed E-state index contributed by atoms with van der Waals surface area (Å²) in [5, 5.41) is 12.9. The van der Waals surface area contributed by atoms with E-state index in [0.29, 0.717) is 11.7 Å². The molecule has 1 saturated heterocycles. The summed E-state index contributed by atoms with van der Waals surface area (Å²) >= 11 is 0. The number of aryl methyl sites for hydroxylation is 2. The van der Waals surface area contributed by atoms with Crippen LogP contribution >= 0.6 is 0 Å². The molecule has 8 heteroatoms. The van der Waals surface area contributed by atoms with E-state index in [1.165, 1.54) is 4.90 Å². The smallest absolute Gasteiger partial charge is 0.410 e. The van der Waals surface area contributed by atoms with Gasteiger partial charge in [-0.15, -0.1) is 0 Å². The lowest BCUT2D eigenvalue weighted by atomic mass is 9.94. The van der Waals surface area contributed by atoms with Gasteiger partial charge >= 0.3 is 6.09 Å². The molecule has 128 valence electrons. The third kappa shape index (κ3) is 4.22. The number of oxazole rings is 1. The van der Waals surface area contributed by atoms with Gasteiger partial charge in [0, 0.05) is 6.92 Å². The molecule has 1 aliphatic rings. The molecule has 23 heavy (non-hydrogen) atoms. The molecule has 2 N–H and O–H groups in total. The number of aliphatic hydroxyl groups is 1. The molecular formula is C15H23N3O5. The van der Waals surface area contributed by atoms with Crippen LogP contribution in [0.3, 0.4) is 0 Å². The van der Waals surface area contributed by atoms with Crippen LogP contribution in [-0.4, -0.2) is 57.8 Å². The van der Waals surface area contributed by atoms with Crippen molar-refractivity contribution < 1.29 is 23.8 Å². The number of rotatable bonds is 3. The van der Waals surface area contributed by atoms with Crippen molar-refractivity contribution in [2.24, 2.45) is 0 Å². The molecule has 1 aromatic rings. The minimum absolute atomic E-state index is 0.0243. The van der Waals surface area contributed by atoms with Crippen molar-refractivity contribution in [3.8, 4) is 0 Å². The van der Waals surface area contributed by atoms with Gasteiger partial charge in [-0.05, 0) is 27.7 Å². The molecule has 0 unspecified atom stereocenters. The van der Waals surface area contributed by atoms with Crippen LogP contribution in [0.25, 0.3) is 0 Å². The van der Waals surface area contributed by atoms with Crippen LogP contribution in [0.2, 0.25) is 0 Å². The normalized spacial score (nSPS) is 16.7. The second-order valence-electron chi connectivity index (χ2n) is 6.88. The summed E-state index contributed by atoms with van der Waals surface area (Å²) < 4.78 is 10.4. The zero-order valence-corrected chi connectivity index (χ0v) is 14.1. The van der Waals surface area contributed by atoms with Crippen molar-refractivity contribution in [3.05, 3.63) is 17.3 Å². The van der Waals surface area contributed by atoms with E-state index < -0.39 is 23.2 Å². The van der Waals surface area contributed by atoms with E-state index >= 15 is 0 Å². The number of nitrogens with zero attached hydrogens (tertiary/aromatic N) is 2. The van der Waals surface area contributed by atoms with Crippen molar-refractivity contribution in [2.45, 2.75) is 45.8 Å². The molecule has 2 heterocycles. The summed E-state index contributed by atoms with van der Waals surface area (Å²) in [6.07, 6.45) is -0.475. The Bertz CT molecular complexity index is 611. The van der Waals surface area contributed by atoms with Crippen molar-refractivity contribution >= 4 is 12.0 Å². The van der Waals surface area contributed by atoms with Gasteiger partial charge in [-0.2, -0.15) is 0 Å². The number of carbonyl (C=O) groups is 2. The van der Waals surface area contributed by atoms with Gasteiger partial charge in [0.1, 0.15) is 17.0 Å². The third-order valence-electron chi connectivity index (χ3n) is 3.32. The Morgan fingerprint density at radius 1 is 1.39 bits per heavy atom.